The standard InChI is InChI=1S/C12H12F2N2O/c1-2-16-7-10(6-15-16)17-8-9-4-3-5-11(13)12(9)14/h3-7H,2,8H2,1H3. The van der Waals surface area contributed by atoms with Crippen molar-refractivity contribution in [1.82, 2.24) is 9.78 Å². The van der Waals surface area contributed by atoms with Gasteiger partial charge in [-0.2, -0.15) is 5.10 Å². The van der Waals surface area contributed by atoms with E-state index in [1.165, 1.54) is 12.1 Å². The van der Waals surface area contributed by atoms with E-state index in [-0.39, 0.29) is 12.2 Å². The molecule has 0 spiro atoms. The number of hydrogen-bond donors (Lipinski definition) is 0. The Balaban J connectivity index is 2.04. The highest BCUT2D eigenvalue weighted by Crippen LogP contribution is 2.15. The van der Waals surface area contributed by atoms with Crippen LogP contribution >= 0.6 is 0 Å². The Hall–Kier alpha value is -1.91. The smallest absolute Gasteiger partial charge is 0.165 e. The van der Waals surface area contributed by atoms with Crippen LogP contribution in [-0.2, 0) is 13.2 Å². The Labute approximate surface area is 97.6 Å². The van der Waals surface area contributed by atoms with Crippen LogP contribution in [0.15, 0.2) is 30.6 Å². The first-order chi connectivity index (χ1) is 8.20. The zero-order valence-corrected chi connectivity index (χ0v) is 9.36. The molecule has 1 aromatic heterocycles. The Kier molecular flexibility index (Phi) is 3.37. The highest BCUT2D eigenvalue weighted by Gasteiger charge is 2.08. The number of rotatable bonds is 4. The van der Waals surface area contributed by atoms with E-state index in [1.54, 1.807) is 17.1 Å². The van der Waals surface area contributed by atoms with Crippen LogP contribution in [0.25, 0.3) is 0 Å². The molecule has 2 rings (SSSR count). The van der Waals surface area contributed by atoms with Crippen LogP contribution in [0.4, 0.5) is 8.78 Å². The van der Waals surface area contributed by atoms with Gasteiger partial charge in [0.05, 0.1) is 12.4 Å². The summed E-state index contributed by atoms with van der Waals surface area (Å²) in [5.41, 5.74) is 0.189. The zero-order valence-electron chi connectivity index (χ0n) is 9.36. The van der Waals surface area contributed by atoms with Crippen LogP contribution in [0, 0.1) is 11.6 Å². The van der Waals surface area contributed by atoms with E-state index in [0.29, 0.717) is 5.75 Å². The summed E-state index contributed by atoms with van der Waals surface area (Å²) < 4.78 is 33.2. The van der Waals surface area contributed by atoms with Crippen molar-refractivity contribution in [3.8, 4) is 5.75 Å². The molecule has 0 atom stereocenters. The fourth-order valence-electron chi connectivity index (χ4n) is 1.41. The lowest BCUT2D eigenvalue weighted by atomic mass is 10.2. The van der Waals surface area contributed by atoms with Crippen LogP contribution in [0.5, 0.6) is 5.75 Å². The monoisotopic (exact) mass is 238 g/mol. The van der Waals surface area contributed by atoms with Crippen LogP contribution in [0.3, 0.4) is 0 Å². The van der Waals surface area contributed by atoms with E-state index in [1.807, 2.05) is 6.92 Å². The van der Waals surface area contributed by atoms with Crippen molar-refractivity contribution in [2.75, 3.05) is 0 Å². The molecule has 17 heavy (non-hydrogen) atoms. The van der Waals surface area contributed by atoms with Gasteiger partial charge in [0.2, 0.25) is 0 Å². The first-order valence-electron chi connectivity index (χ1n) is 5.29. The number of halogens is 2. The van der Waals surface area contributed by atoms with Gasteiger partial charge in [-0.1, -0.05) is 12.1 Å². The van der Waals surface area contributed by atoms with Crippen molar-refractivity contribution in [1.29, 1.82) is 0 Å². The van der Waals surface area contributed by atoms with E-state index >= 15 is 0 Å². The molecular formula is C12H12F2N2O. The third-order valence-electron chi connectivity index (χ3n) is 2.36. The Bertz CT molecular complexity index is 511. The maximum absolute atomic E-state index is 13.3. The van der Waals surface area contributed by atoms with Crippen LogP contribution in [0.2, 0.25) is 0 Å². The molecule has 0 N–H and O–H groups in total. The molecule has 5 heteroatoms. The van der Waals surface area contributed by atoms with E-state index in [4.69, 9.17) is 4.74 Å². The molecule has 0 radical (unpaired) electrons. The van der Waals surface area contributed by atoms with Gasteiger partial charge in [0, 0.05) is 12.1 Å². The topological polar surface area (TPSA) is 27.1 Å². The van der Waals surface area contributed by atoms with Gasteiger partial charge in [0.15, 0.2) is 17.4 Å². The number of benzene rings is 1. The van der Waals surface area contributed by atoms with Crippen molar-refractivity contribution in [2.24, 2.45) is 0 Å². The molecule has 0 fully saturated rings. The predicted molar refractivity (Wildman–Crippen MR) is 58.6 cm³/mol. The largest absolute Gasteiger partial charge is 0.486 e. The minimum absolute atomic E-state index is 0.0149. The van der Waals surface area contributed by atoms with E-state index in [2.05, 4.69) is 5.10 Å². The maximum Gasteiger partial charge on any atom is 0.165 e. The molecule has 0 aliphatic carbocycles. The molecule has 0 bridgehead atoms. The lowest BCUT2D eigenvalue weighted by Crippen LogP contribution is -2.00. The second-order valence-corrected chi connectivity index (χ2v) is 3.53. The predicted octanol–water partition coefficient (Wildman–Crippen LogP) is 2.76. The molecule has 0 saturated heterocycles. The summed E-state index contributed by atoms with van der Waals surface area (Å²) in [7, 11) is 0. The SMILES string of the molecule is CCn1cc(OCc2cccc(F)c2F)cn1. The fraction of sp³-hybridized carbons (Fsp3) is 0.250. The van der Waals surface area contributed by atoms with Crippen molar-refractivity contribution in [3.05, 3.63) is 47.8 Å². The molecule has 0 aliphatic heterocycles. The number of ether oxygens (including phenoxy) is 1. The first kappa shape index (κ1) is 11.6. The molecule has 0 amide bonds. The minimum atomic E-state index is -0.865. The van der Waals surface area contributed by atoms with Crippen molar-refractivity contribution in [2.45, 2.75) is 20.1 Å². The zero-order chi connectivity index (χ0) is 12.3. The average molecular weight is 238 g/mol. The summed E-state index contributed by atoms with van der Waals surface area (Å²) in [5, 5.41) is 4.01. The van der Waals surface area contributed by atoms with Crippen molar-refractivity contribution in [3.63, 3.8) is 0 Å². The van der Waals surface area contributed by atoms with Gasteiger partial charge in [-0.25, -0.2) is 8.78 Å². The number of nitrogens with zero attached hydrogens (tertiary/aromatic N) is 2. The highest BCUT2D eigenvalue weighted by molar-refractivity contribution is 5.20. The second-order valence-electron chi connectivity index (χ2n) is 3.53. The lowest BCUT2D eigenvalue weighted by molar-refractivity contribution is 0.297. The number of hydrogen-bond acceptors (Lipinski definition) is 2. The summed E-state index contributed by atoms with van der Waals surface area (Å²) in [6.45, 7) is 2.67. The summed E-state index contributed by atoms with van der Waals surface area (Å²) in [5.74, 6) is -1.19. The Morgan fingerprint density at radius 1 is 1.35 bits per heavy atom. The van der Waals surface area contributed by atoms with Gasteiger partial charge < -0.3 is 4.74 Å². The number of aryl methyl sites for hydroxylation is 1. The van der Waals surface area contributed by atoms with E-state index < -0.39 is 11.6 Å². The van der Waals surface area contributed by atoms with Gasteiger partial charge in [0.25, 0.3) is 0 Å². The molecule has 2 aromatic rings. The molecular weight excluding hydrogens is 226 g/mol. The molecule has 90 valence electrons. The van der Waals surface area contributed by atoms with E-state index in [0.717, 1.165) is 12.6 Å². The molecule has 3 nitrogen and oxygen atoms in total. The fourth-order valence-corrected chi connectivity index (χ4v) is 1.41. The van der Waals surface area contributed by atoms with Crippen LogP contribution in [-0.4, -0.2) is 9.78 Å². The van der Waals surface area contributed by atoms with E-state index in [9.17, 15) is 8.78 Å². The minimum Gasteiger partial charge on any atom is -0.486 e. The van der Waals surface area contributed by atoms with Gasteiger partial charge >= 0.3 is 0 Å². The molecule has 0 unspecified atom stereocenters. The maximum atomic E-state index is 13.3. The first-order valence-corrected chi connectivity index (χ1v) is 5.29. The molecule has 0 aliphatic rings. The third-order valence-corrected chi connectivity index (χ3v) is 2.36. The van der Waals surface area contributed by atoms with Gasteiger partial charge in [0.1, 0.15) is 6.61 Å². The lowest BCUT2D eigenvalue weighted by Gasteiger charge is -2.05. The Morgan fingerprint density at radius 2 is 2.18 bits per heavy atom. The van der Waals surface area contributed by atoms with Crippen LogP contribution < -0.4 is 4.74 Å². The van der Waals surface area contributed by atoms with Crippen LogP contribution in [0.1, 0.15) is 12.5 Å². The summed E-state index contributed by atoms with van der Waals surface area (Å²) >= 11 is 0. The summed E-state index contributed by atoms with van der Waals surface area (Å²) in [4.78, 5) is 0. The number of aromatic nitrogens is 2. The van der Waals surface area contributed by atoms with Gasteiger partial charge in [-0.3, -0.25) is 4.68 Å². The summed E-state index contributed by atoms with van der Waals surface area (Å²) in [6, 6.07) is 4.02. The average Bonchev–Trinajstić information content (AvgIpc) is 2.79. The van der Waals surface area contributed by atoms with Crippen molar-refractivity contribution >= 4 is 0 Å². The highest BCUT2D eigenvalue weighted by atomic mass is 19.2. The molecule has 0 saturated carbocycles. The summed E-state index contributed by atoms with van der Waals surface area (Å²) in [6.07, 6.45) is 3.25. The van der Waals surface area contributed by atoms with Gasteiger partial charge in [-0.05, 0) is 13.0 Å². The molecule has 1 aromatic carbocycles. The molecule has 1 heterocycles. The Morgan fingerprint density at radius 3 is 2.88 bits per heavy atom. The van der Waals surface area contributed by atoms with Gasteiger partial charge in [-0.15, -0.1) is 0 Å². The quantitative estimate of drug-likeness (QED) is 0.819. The van der Waals surface area contributed by atoms with Crippen molar-refractivity contribution < 1.29 is 13.5 Å². The second kappa shape index (κ2) is 4.95. The third kappa shape index (κ3) is 2.61. The normalized spacial score (nSPS) is 10.5.